The Balaban J connectivity index is 2.52. The number of aliphatic hydroxyl groups excluding tert-OH is 1. The van der Waals surface area contributed by atoms with Crippen molar-refractivity contribution in [1.82, 2.24) is 10.6 Å². The molecule has 3 N–H and O–H groups in total. The van der Waals surface area contributed by atoms with Crippen molar-refractivity contribution in [3.05, 3.63) is 35.4 Å². The van der Waals surface area contributed by atoms with Gasteiger partial charge in [-0.3, -0.25) is 4.79 Å². The number of benzene rings is 1. The Hall–Kier alpha value is -1.04. The molecule has 2 atom stereocenters. The Labute approximate surface area is 119 Å². The van der Waals surface area contributed by atoms with E-state index in [1.807, 2.05) is 30.5 Å². The maximum Gasteiger partial charge on any atom is 0.251 e. The normalized spacial score (nSPS) is 13.9. The number of thioether (sulfide) groups is 1. The van der Waals surface area contributed by atoms with Crippen LogP contribution in [0.1, 0.15) is 22.8 Å². The average Bonchev–Trinajstić information content (AvgIpc) is 2.46. The summed E-state index contributed by atoms with van der Waals surface area (Å²) in [5, 5.41) is 15.4. The van der Waals surface area contributed by atoms with Crippen molar-refractivity contribution in [3.8, 4) is 0 Å². The molecule has 5 heteroatoms. The highest BCUT2D eigenvalue weighted by molar-refractivity contribution is 7.99. The number of amides is 1. The van der Waals surface area contributed by atoms with Gasteiger partial charge in [0, 0.05) is 30.4 Å². The minimum absolute atomic E-state index is 0.0735. The van der Waals surface area contributed by atoms with Crippen LogP contribution in [-0.2, 0) is 6.54 Å². The second-order valence-corrected chi connectivity index (χ2v) is 5.48. The van der Waals surface area contributed by atoms with Gasteiger partial charge < -0.3 is 15.7 Å². The van der Waals surface area contributed by atoms with Crippen LogP contribution in [0.25, 0.3) is 0 Å². The van der Waals surface area contributed by atoms with Gasteiger partial charge in [0.2, 0.25) is 0 Å². The highest BCUT2D eigenvalue weighted by atomic mass is 32.2. The van der Waals surface area contributed by atoms with Crippen molar-refractivity contribution in [2.24, 2.45) is 0 Å². The molecule has 4 nitrogen and oxygen atoms in total. The fourth-order valence-electron chi connectivity index (χ4n) is 1.77. The molecule has 19 heavy (non-hydrogen) atoms. The molecule has 0 radical (unpaired) electrons. The van der Waals surface area contributed by atoms with Crippen LogP contribution in [0.4, 0.5) is 0 Å². The topological polar surface area (TPSA) is 61.4 Å². The minimum atomic E-state index is -0.0735. The van der Waals surface area contributed by atoms with Crippen molar-refractivity contribution in [1.29, 1.82) is 0 Å². The lowest BCUT2D eigenvalue weighted by molar-refractivity contribution is 0.0963. The molecular weight excluding hydrogens is 260 g/mol. The summed E-state index contributed by atoms with van der Waals surface area (Å²) in [7, 11) is 1.62. The van der Waals surface area contributed by atoms with Gasteiger partial charge in [-0.15, -0.1) is 0 Å². The van der Waals surface area contributed by atoms with Crippen molar-refractivity contribution in [2.45, 2.75) is 24.8 Å². The molecule has 0 saturated heterocycles. The SMILES string of the molecule is CNC(=O)c1ccc(CNC(C)C(CO)SC)cc1. The Morgan fingerprint density at radius 1 is 1.37 bits per heavy atom. The number of hydrogen-bond acceptors (Lipinski definition) is 4. The van der Waals surface area contributed by atoms with E-state index in [-0.39, 0.29) is 23.8 Å². The van der Waals surface area contributed by atoms with Crippen LogP contribution in [0.15, 0.2) is 24.3 Å². The molecule has 2 unspecified atom stereocenters. The Morgan fingerprint density at radius 2 is 2.00 bits per heavy atom. The zero-order chi connectivity index (χ0) is 14.3. The summed E-state index contributed by atoms with van der Waals surface area (Å²) in [4.78, 5) is 11.4. The molecule has 1 aromatic rings. The van der Waals surface area contributed by atoms with Crippen LogP contribution in [0, 0.1) is 0 Å². The molecule has 0 aromatic heterocycles. The van der Waals surface area contributed by atoms with E-state index in [9.17, 15) is 9.90 Å². The van der Waals surface area contributed by atoms with Crippen molar-refractivity contribution in [2.75, 3.05) is 19.9 Å². The predicted molar refractivity (Wildman–Crippen MR) is 80.5 cm³/mol. The van der Waals surface area contributed by atoms with Gasteiger partial charge in [0.25, 0.3) is 5.91 Å². The van der Waals surface area contributed by atoms with Gasteiger partial charge in [-0.25, -0.2) is 0 Å². The smallest absolute Gasteiger partial charge is 0.251 e. The Morgan fingerprint density at radius 3 is 2.47 bits per heavy atom. The van der Waals surface area contributed by atoms with Crippen LogP contribution in [0.5, 0.6) is 0 Å². The molecule has 0 fully saturated rings. The van der Waals surface area contributed by atoms with Crippen LogP contribution < -0.4 is 10.6 Å². The second kappa shape index (κ2) is 8.19. The van der Waals surface area contributed by atoms with Gasteiger partial charge in [-0.05, 0) is 30.9 Å². The lowest BCUT2D eigenvalue weighted by atomic mass is 10.1. The standard InChI is InChI=1S/C14H22N2O2S/c1-10(13(9-17)19-3)16-8-11-4-6-12(7-5-11)14(18)15-2/h4-7,10,13,16-17H,8-9H2,1-3H3,(H,15,18). The molecule has 0 spiro atoms. The lowest BCUT2D eigenvalue weighted by Crippen LogP contribution is -2.37. The Kier molecular flexibility index (Phi) is 6.91. The fourth-order valence-corrected chi connectivity index (χ4v) is 2.42. The van der Waals surface area contributed by atoms with Crippen molar-refractivity contribution in [3.63, 3.8) is 0 Å². The van der Waals surface area contributed by atoms with Crippen LogP contribution in [0.2, 0.25) is 0 Å². The summed E-state index contributed by atoms with van der Waals surface area (Å²) in [6.07, 6.45) is 2.00. The summed E-state index contributed by atoms with van der Waals surface area (Å²) in [6.45, 7) is 2.97. The van der Waals surface area contributed by atoms with E-state index < -0.39 is 0 Å². The van der Waals surface area contributed by atoms with E-state index in [4.69, 9.17) is 0 Å². The molecule has 1 amide bonds. The predicted octanol–water partition coefficient (Wildman–Crippen LogP) is 1.25. The van der Waals surface area contributed by atoms with Gasteiger partial charge >= 0.3 is 0 Å². The molecule has 0 aliphatic heterocycles. The number of hydrogen-bond donors (Lipinski definition) is 3. The molecule has 1 aromatic carbocycles. The number of aliphatic hydroxyl groups is 1. The van der Waals surface area contributed by atoms with E-state index in [1.165, 1.54) is 0 Å². The molecule has 0 heterocycles. The van der Waals surface area contributed by atoms with E-state index in [0.717, 1.165) is 12.1 Å². The monoisotopic (exact) mass is 282 g/mol. The third-order valence-corrected chi connectivity index (χ3v) is 4.27. The zero-order valence-corrected chi connectivity index (χ0v) is 12.5. The van der Waals surface area contributed by atoms with Crippen LogP contribution >= 0.6 is 11.8 Å². The van der Waals surface area contributed by atoms with Crippen molar-refractivity contribution >= 4 is 17.7 Å². The third-order valence-electron chi connectivity index (χ3n) is 3.11. The first-order chi connectivity index (χ1) is 9.12. The molecule has 1 rings (SSSR count). The maximum atomic E-state index is 11.4. The summed E-state index contributed by atoms with van der Waals surface area (Å²) >= 11 is 1.66. The first-order valence-corrected chi connectivity index (χ1v) is 7.59. The van der Waals surface area contributed by atoms with Gasteiger partial charge in [-0.1, -0.05) is 12.1 Å². The highest BCUT2D eigenvalue weighted by Gasteiger charge is 2.14. The molecule has 0 saturated carbocycles. The lowest BCUT2D eigenvalue weighted by Gasteiger charge is -2.21. The maximum absolute atomic E-state index is 11.4. The van der Waals surface area contributed by atoms with Gasteiger partial charge in [0.1, 0.15) is 0 Å². The summed E-state index contributed by atoms with van der Waals surface area (Å²) < 4.78 is 0. The Bertz CT molecular complexity index is 391. The first-order valence-electron chi connectivity index (χ1n) is 6.30. The molecule has 0 bridgehead atoms. The number of carbonyl (C=O) groups is 1. The minimum Gasteiger partial charge on any atom is -0.395 e. The second-order valence-electron chi connectivity index (χ2n) is 4.40. The molecule has 106 valence electrons. The van der Waals surface area contributed by atoms with Crippen LogP contribution in [0.3, 0.4) is 0 Å². The van der Waals surface area contributed by atoms with E-state index in [2.05, 4.69) is 17.6 Å². The van der Waals surface area contributed by atoms with Gasteiger partial charge in [-0.2, -0.15) is 11.8 Å². The summed E-state index contributed by atoms with van der Waals surface area (Å²) in [5.74, 6) is -0.0735. The average molecular weight is 282 g/mol. The fraction of sp³-hybridized carbons (Fsp3) is 0.500. The van der Waals surface area contributed by atoms with E-state index in [0.29, 0.717) is 5.56 Å². The number of rotatable bonds is 7. The largest absolute Gasteiger partial charge is 0.395 e. The first kappa shape index (κ1) is 16.0. The number of carbonyl (C=O) groups excluding carboxylic acids is 1. The van der Waals surface area contributed by atoms with E-state index >= 15 is 0 Å². The van der Waals surface area contributed by atoms with E-state index in [1.54, 1.807) is 18.8 Å². The zero-order valence-electron chi connectivity index (χ0n) is 11.6. The highest BCUT2D eigenvalue weighted by Crippen LogP contribution is 2.11. The third kappa shape index (κ3) is 4.86. The number of nitrogens with one attached hydrogen (secondary N) is 2. The summed E-state index contributed by atoms with van der Waals surface area (Å²) in [5.41, 5.74) is 1.79. The van der Waals surface area contributed by atoms with Crippen molar-refractivity contribution < 1.29 is 9.90 Å². The quantitative estimate of drug-likeness (QED) is 0.704. The molecule has 0 aliphatic carbocycles. The van der Waals surface area contributed by atoms with Crippen LogP contribution in [-0.4, -0.2) is 42.2 Å². The van der Waals surface area contributed by atoms with Gasteiger partial charge in [0.15, 0.2) is 0 Å². The van der Waals surface area contributed by atoms with Gasteiger partial charge in [0.05, 0.1) is 6.61 Å². The summed E-state index contributed by atoms with van der Waals surface area (Å²) in [6, 6.07) is 7.75. The molecule has 0 aliphatic rings. The molecular formula is C14H22N2O2S.